The molecular weight excluding hydrogens is 314 g/mol. The summed E-state index contributed by atoms with van der Waals surface area (Å²) < 4.78 is 1.21. The fraction of sp³-hybridized carbons (Fsp3) is 0.438. The molecule has 2 aromatic heterocycles. The van der Waals surface area contributed by atoms with E-state index < -0.39 is 11.2 Å². The Morgan fingerprint density at radius 1 is 1.35 bits per heavy atom. The van der Waals surface area contributed by atoms with Crippen molar-refractivity contribution in [1.82, 2.24) is 14.9 Å². The van der Waals surface area contributed by atoms with Crippen molar-refractivity contribution in [3.05, 3.63) is 55.5 Å². The van der Waals surface area contributed by atoms with Crippen LogP contribution in [-0.4, -0.2) is 15.5 Å². The smallest absolute Gasteiger partial charge is 0.328 e. The third-order valence-corrected chi connectivity index (χ3v) is 5.20. The third kappa shape index (κ3) is 3.79. The molecule has 0 saturated heterocycles. The molecule has 0 radical (unpaired) electrons. The van der Waals surface area contributed by atoms with E-state index in [1.54, 1.807) is 11.3 Å². The van der Waals surface area contributed by atoms with E-state index in [9.17, 15) is 14.4 Å². The number of nitrogens with zero attached hydrogens (tertiary/aromatic N) is 1. The first-order chi connectivity index (χ1) is 11.1. The Kier molecular flexibility index (Phi) is 4.76. The van der Waals surface area contributed by atoms with Crippen molar-refractivity contribution < 1.29 is 4.79 Å². The van der Waals surface area contributed by atoms with Gasteiger partial charge in [0, 0.05) is 17.1 Å². The SMILES string of the molecule is O=C(Cn1ccc(=O)[nH]c1=O)N[C@@H](c1cccs1)C1CCCC1. The molecule has 0 bridgehead atoms. The monoisotopic (exact) mass is 333 g/mol. The zero-order valence-electron chi connectivity index (χ0n) is 12.7. The highest BCUT2D eigenvalue weighted by Gasteiger charge is 2.28. The van der Waals surface area contributed by atoms with Crippen LogP contribution in [0, 0.1) is 5.92 Å². The van der Waals surface area contributed by atoms with Crippen LogP contribution in [0.2, 0.25) is 0 Å². The van der Waals surface area contributed by atoms with Gasteiger partial charge in [0.05, 0.1) is 6.04 Å². The lowest BCUT2D eigenvalue weighted by Crippen LogP contribution is -2.38. The van der Waals surface area contributed by atoms with E-state index in [2.05, 4.69) is 10.3 Å². The molecule has 2 N–H and O–H groups in total. The molecule has 122 valence electrons. The highest BCUT2D eigenvalue weighted by Crippen LogP contribution is 2.37. The van der Waals surface area contributed by atoms with E-state index in [-0.39, 0.29) is 18.5 Å². The first-order valence-electron chi connectivity index (χ1n) is 7.76. The molecule has 3 rings (SSSR count). The van der Waals surface area contributed by atoms with Gasteiger partial charge in [-0.1, -0.05) is 18.9 Å². The number of carbonyl (C=O) groups excluding carboxylic acids is 1. The Morgan fingerprint density at radius 3 is 2.78 bits per heavy atom. The van der Waals surface area contributed by atoms with Crippen LogP contribution in [0.15, 0.2) is 39.4 Å². The van der Waals surface area contributed by atoms with Crippen LogP contribution in [0.3, 0.4) is 0 Å². The maximum Gasteiger partial charge on any atom is 0.328 e. The van der Waals surface area contributed by atoms with Crippen molar-refractivity contribution >= 4 is 17.2 Å². The van der Waals surface area contributed by atoms with E-state index in [1.165, 1.54) is 29.7 Å². The minimum atomic E-state index is -0.568. The standard InChI is InChI=1S/C16H19N3O3S/c20-13-7-8-19(16(22)18-13)10-14(21)17-15(11-4-1-2-5-11)12-6-3-9-23-12/h3,6-9,11,15H,1-2,4-5,10H2,(H,17,21)(H,18,20,22)/t15-/m1/s1. The van der Waals surface area contributed by atoms with Crippen molar-refractivity contribution in [2.24, 2.45) is 5.92 Å². The van der Waals surface area contributed by atoms with Crippen molar-refractivity contribution in [3.8, 4) is 0 Å². The molecule has 7 heteroatoms. The minimum Gasteiger partial charge on any atom is -0.347 e. The maximum absolute atomic E-state index is 12.4. The summed E-state index contributed by atoms with van der Waals surface area (Å²) in [5.74, 6) is 0.231. The predicted molar refractivity (Wildman–Crippen MR) is 88.5 cm³/mol. The zero-order valence-corrected chi connectivity index (χ0v) is 13.5. The highest BCUT2D eigenvalue weighted by atomic mass is 32.1. The normalized spacial score (nSPS) is 16.3. The summed E-state index contributed by atoms with van der Waals surface area (Å²) in [6.07, 6.45) is 5.96. The van der Waals surface area contributed by atoms with Crippen molar-refractivity contribution in [2.45, 2.75) is 38.3 Å². The van der Waals surface area contributed by atoms with Crippen LogP contribution in [-0.2, 0) is 11.3 Å². The Hall–Kier alpha value is -2.15. The molecule has 23 heavy (non-hydrogen) atoms. The number of thiophene rings is 1. The van der Waals surface area contributed by atoms with Gasteiger partial charge in [-0.15, -0.1) is 11.3 Å². The Morgan fingerprint density at radius 2 is 2.13 bits per heavy atom. The predicted octanol–water partition coefficient (Wildman–Crippen LogP) is 1.65. The number of hydrogen-bond acceptors (Lipinski definition) is 4. The molecule has 2 aromatic rings. The summed E-state index contributed by atoms with van der Waals surface area (Å²) in [4.78, 5) is 38.4. The molecule has 6 nitrogen and oxygen atoms in total. The molecule has 1 aliphatic carbocycles. The molecule has 0 spiro atoms. The van der Waals surface area contributed by atoms with Gasteiger partial charge in [0.25, 0.3) is 5.56 Å². The fourth-order valence-electron chi connectivity index (χ4n) is 3.12. The average molecular weight is 333 g/mol. The molecule has 1 amide bonds. The largest absolute Gasteiger partial charge is 0.347 e. The molecular formula is C16H19N3O3S. The number of hydrogen-bond donors (Lipinski definition) is 2. The lowest BCUT2D eigenvalue weighted by molar-refractivity contribution is -0.122. The van der Waals surface area contributed by atoms with Gasteiger partial charge in [-0.3, -0.25) is 19.1 Å². The lowest BCUT2D eigenvalue weighted by Gasteiger charge is -2.24. The van der Waals surface area contributed by atoms with E-state index in [0.29, 0.717) is 5.92 Å². The summed E-state index contributed by atoms with van der Waals surface area (Å²) in [5, 5.41) is 5.08. The Balaban J connectivity index is 1.73. The topological polar surface area (TPSA) is 84.0 Å². The van der Waals surface area contributed by atoms with Crippen LogP contribution in [0.25, 0.3) is 0 Å². The molecule has 1 aliphatic rings. The van der Waals surface area contributed by atoms with Gasteiger partial charge >= 0.3 is 5.69 Å². The number of H-pyrrole nitrogens is 1. The molecule has 1 atom stereocenters. The Bertz CT molecular complexity index is 772. The van der Waals surface area contributed by atoms with Crippen LogP contribution >= 0.6 is 11.3 Å². The molecule has 1 saturated carbocycles. The lowest BCUT2D eigenvalue weighted by atomic mass is 9.96. The van der Waals surface area contributed by atoms with Gasteiger partial charge in [0.2, 0.25) is 5.91 Å². The van der Waals surface area contributed by atoms with Crippen molar-refractivity contribution in [1.29, 1.82) is 0 Å². The van der Waals surface area contributed by atoms with Gasteiger partial charge in [0.15, 0.2) is 0 Å². The third-order valence-electron chi connectivity index (χ3n) is 4.25. The maximum atomic E-state index is 12.4. The molecule has 0 aliphatic heterocycles. The van der Waals surface area contributed by atoms with E-state index >= 15 is 0 Å². The fourth-order valence-corrected chi connectivity index (χ4v) is 3.99. The van der Waals surface area contributed by atoms with E-state index in [1.807, 2.05) is 17.5 Å². The quantitative estimate of drug-likeness (QED) is 0.872. The first-order valence-corrected chi connectivity index (χ1v) is 8.64. The van der Waals surface area contributed by atoms with Gasteiger partial charge in [0.1, 0.15) is 6.54 Å². The first kappa shape index (κ1) is 15.7. The second-order valence-electron chi connectivity index (χ2n) is 5.84. The number of aromatic amines is 1. The van der Waals surface area contributed by atoms with Gasteiger partial charge in [-0.05, 0) is 30.2 Å². The van der Waals surface area contributed by atoms with Crippen LogP contribution in [0.5, 0.6) is 0 Å². The second kappa shape index (κ2) is 6.95. The van der Waals surface area contributed by atoms with E-state index in [0.717, 1.165) is 17.7 Å². The highest BCUT2D eigenvalue weighted by molar-refractivity contribution is 7.10. The number of aromatic nitrogens is 2. The van der Waals surface area contributed by atoms with Gasteiger partial charge < -0.3 is 5.32 Å². The summed E-state index contributed by atoms with van der Waals surface area (Å²) in [6.45, 7) is -0.0930. The molecule has 0 unspecified atom stereocenters. The summed E-state index contributed by atoms with van der Waals surface area (Å²) in [7, 11) is 0. The summed E-state index contributed by atoms with van der Waals surface area (Å²) in [5.41, 5.74) is -1.03. The van der Waals surface area contributed by atoms with Gasteiger partial charge in [-0.2, -0.15) is 0 Å². The van der Waals surface area contributed by atoms with Crippen LogP contribution < -0.4 is 16.6 Å². The Labute approximate surface area is 137 Å². The zero-order chi connectivity index (χ0) is 16.2. The number of nitrogens with one attached hydrogen (secondary N) is 2. The van der Waals surface area contributed by atoms with Gasteiger partial charge in [-0.25, -0.2) is 4.79 Å². The summed E-state index contributed by atoms with van der Waals surface area (Å²) >= 11 is 1.64. The van der Waals surface area contributed by atoms with Crippen LogP contribution in [0.1, 0.15) is 36.6 Å². The van der Waals surface area contributed by atoms with Crippen molar-refractivity contribution in [3.63, 3.8) is 0 Å². The number of carbonyl (C=O) groups is 1. The number of amides is 1. The average Bonchev–Trinajstić information content (AvgIpc) is 3.21. The van der Waals surface area contributed by atoms with Crippen LogP contribution in [0.4, 0.5) is 0 Å². The van der Waals surface area contributed by atoms with E-state index in [4.69, 9.17) is 0 Å². The number of rotatable bonds is 5. The second-order valence-corrected chi connectivity index (χ2v) is 6.82. The minimum absolute atomic E-state index is 0.00321. The van der Waals surface area contributed by atoms with Crippen molar-refractivity contribution in [2.75, 3.05) is 0 Å². The molecule has 0 aromatic carbocycles. The molecule has 1 fully saturated rings. The molecule has 2 heterocycles. The summed E-state index contributed by atoms with van der Waals surface area (Å²) in [6, 6.07) is 5.27.